The first kappa shape index (κ1) is 10.3. The van der Waals surface area contributed by atoms with Crippen LogP contribution in [0.1, 0.15) is 0 Å². The van der Waals surface area contributed by atoms with Crippen LogP contribution in [0.4, 0.5) is 5.69 Å². The predicted molar refractivity (Wildman–Crippen MR) is 63.3 cm³/mol. The molecule has 72 valence electrons. The molecule has 1 aromatic rings. The minimum Gasteiger partial charge on any atom is -0.345 e. The molecule has 1 heteroatoms. The normalized spacial score (nSPS) is 10.1. The van der Waals surface area contributed by atoms with Crippen molar-refractivity contribution in [2.45, 2.75) is 0 Å². The van der Waals surface area contributed by atoms with E-state index in [1.54, 1.807) is 6.08 Å². The van der Waals surface area contributed by atoms with Crippen molar-refractivity contribution in [2.24, 2.45) is 0 Å². The molecular formula is C13H15N. The fourth-order valence-electron chi connectivity index (χ4n) is 1.11. The van der Waals surface area contributed by atoms with E-state index in [1.165, 1.54) is 0 Å². The van der Waals surface area contributed by atoms with Gasteiger partial charge in [0.2, 0.25) is 0 Å². The van der Waals surface area contributed by atoms with E-state index >= 15 is 0 Å². The highest BCUT2D eigenvalue weighted by Crippen LogP contribution is 2.15. The summed E-state index contributed by atoms with van der Waals surface area (Å²) in [6.07, 6.45) is 5.55. The lowest BCUT2D eigenvalue weighted by molar-refractivity contribution is 1.15. The third-order valence-electron chi connectivity index (χ3n) is 2.00. The van der Waals surface area contributed by atoms with Gasteiger partial charge >= 0.3 is 0 Å². The van der Waals surface area contributed by atoms with Crippen molar-refractivity contribution in [3.8, 4) is 0 Å². The van der Waals surface area contributed by atoms with Crippen LogP contribution in [0.25, 0.3) is 0 Å². The zero-order valence-corrected chi connectivity index (χ0v) is 8.48. The number of rotatable bonds is 4. The molecule has 0 aliphatic rings. The van der Waals surface area contributed by atoms with Crippen LogP contribution >= 0.6 is 0 Å². The number of hydrogen-bond acceptors (Lipinski definition) is 1. The second-order valence-corrected chi connectivity index (χ2v) is 2.98. The second-order valence-electron chi connectivity index (χ2n) is 2.98. The Morgan fingerprint density at radius 3 is 2.50 bits per heavy atom. The molecule has 1 nitrogen and oxygen atoms in total. The molecule has 0 N–H and O–H groups in total. The van der Waals surface area contributed by atoms with E-state index in [2.05, 4.69) is 13.2 Å². The highest BCUT2D eigenvalue weighted by molar-refractivity contribution is 5.52. The van der Waals surface area contributed by atoms with Gasteiger partial charge in [-0.1, -0.05) is 43.5 Å². The van der Waals surface area contributed by atoms with E-state index in [4.69, 9.17) is 0 Å². The minimum atomic E-state index is 0.941. The van der Waals surface area contributed by atoms with Gasteiger partial charge in [-0.2, -0.15) is 0 Å². The van der Waals surface area contributed by atoms with Crippen LogP contribution in [-0.2, 0) is 0 Å². The summed E-state index contributed by atoms with van der Waals surface area (Å²) in [4.78, 5) is 2.03. The summed E-state index contributed by atoms with van der Waals surface area (Å²) in [5, 5.41) is 0. The van der Waals surface area contributed by atoms with Crippen molar-refractivity contribution in [3.05, 3.63) is 67.4 Å². The minimum absolute atomic E-state index is 0.941. The van der Waals surface area contributed by atoms with Crippen LogP contribution in [0.2, 0.25) is 0 Å². The van der Waals surface area contributed by atoms with Crippen molar-refractivity contribution in [3.63, 3.8) is 0 Å². The molecule has 0 saturated heterocycles. The standard InChI is InChI=1S/C13H15N/c1-4-5-9-12(2)14(3)13-10-7-6-8-11-13/h4-11H,1-2H2,3H3/b9-5-. The van der Waals surface area contributed by atoms with Crippen molar-refractivity contribution in [1.82, 2.24) is 0 Å². The average molecular weight is 185 g/mol. The van der Waals surface area contributed by atoms with E-state index in [1.807, 2.05) is 54.4 Å². The van der Waals surface area contributed by atoms with Gasteiger partial charge in [0.15, 0.2) is 0 Å². The Labute approximate surface area is 85.7 Å². The molecule has 0 unspecified atom stereocenters. The summed E-state index contributed by atoms with van der Waals surface area (Å²) in [6, 6.07) is 10.1. The number of nitrogens with zero attached hydrogens (tertiary/aromatic N) is 1. The topological polar surface area (TPSA) is 3.24 Å². The molecule has 0 aliphatic carbocycles. The van der Waals surface area contributed by atoms with Crippen molar-refractivity contribution < 1.29 is 0 Å². The smallest absolute Gasteiger partial charge is 0.0407 e. The van der Waals surface area contributed by atoms with E-state index < -0.39 is 0 Å². The fraction of sp³-hybridized carbons (Fsp3) is 0.0769. The lowest BCUT2D eigenvalue weighted by Crippen LogP contribution is -2.13. The molecule has 0 spiro atoms. The third-order valence-corrected chi connectivity index (χ3v) is 2.00. The SMILES string of the molecule is C=C/C=C\C(=C)N(C)c1ccccc1. The third kappa shape index (κ3) is 2.63. The summed E-state index contributed by atoms with van der Waals surface area (Å²) < 4.78 is 0. The number of benzene rings is 1. The van der Waals surface area contributed by atoms with E-state index in [9.17, 15) is 0 Å². The number of allylic oxidation sites excluding steroid dienone is 3. The molecule has 0 heterocycles. The summed E-state index contributed by atoms with van der Waals surface area (Å²) in [5.41, 5.74) is 2.07. The monoisotopic (exact) mass is 185 g/mol. The van der Waals surface area contributed by atoms with Crippen molar-refractivity contribution in [1.29, 1.82) is 0 Å². The Hall–Kier alpha value is -1.76. The Kier molecular flexibility index (Phi) is 3.74. The summed E-state index contributed by atoms with van der Waals surface area (Å²) in [6.45, 7) is 7.58. The maximum Gasteiger partial charge on any atom is 0.0407 e. The zero-order chi connectivity index (χ0) is 10.4. The molecule has 1 rings (SSSR count). The molecule has 0 amide bonds. The molecule has 1 aromatic carbocycles. The lowest BCUT2D eigenvalue weighted by atomic mass is 10.2. The van der Waals surface area contributed by atoms with Crippen LogP contribution < -0.4 is 4.90 Å². The van der Waals surface area contributed by atoms with Crippen LogP contribution in [0.3, 0.4) is 0 Å². The van der Waals surface area contributed by atoms with Crippen LogP contribution in [0.5, 0.6) is 0 Å². The zero-order valence-electron chi connectivity index (χ0n) is 8.48. The van der Waals surface area contributed by atoms with Crippen LogP contribution in [-0.4, -0.2) is 7.05 Å². The highest BCUT2D eigenvalue weighted by atomic mass is 15.1. The van der Waals surface area contributed by atoms with Gasteiger partial charge in [-0.15, -0.1) is 0 Å². The number of para-hydroxylation sites is 1. The summed E-state index contributed by atoms with van der Waals surface area (Å²) in [7, 11) is 1.99. The molecule has 0 bridgehead atoms. The first-order valence-corrected chi connectivity index (χ1v) is 4.52. The molecular weight excluding hydrogens is 170 g/mol. The van der Waals surface area contributed by atoms with Gasteiger partial charge in [0.05, 0.1) is 0 Å². The largest absolute Gasteiger partial charge is 0.345 e. The van der Waals surface area contributed by atoms with Crippen LogP contribution in [0, 0.1) is 0 Å². The predicted octanol–water partition coefficient (Wildman–Crippen LogP) is 3.38. The van der Waals surface area contributed by atoms with Crippen molar-refractivity contribution in [2.75, 3.05) is 11.9 Å². The lowest BCUT2D eigenvalue weighted by Gasteiger charge is -2.19. The highest BCUT2D eigenvalue weighted by Gasteiger charge is 1.99. The van der Waals surface area contributed by atoms with Gasteiger partial charge in [-0.25, -0.2) is 0 Å². The van der Waals surface area contributed by atoms with E-state index in [-0.39, 0.29) is 0 Å². The molecule has 0 atom stereocenters. The summed E-state index contributed by atoms with van der Waals surface area (Å²) >= 11 is 0. The fourth-order valence-corrected chi connectivity index (χ4v) is 1.11. The molecule has 14 heavy (non-hydrogen) atoms. The molecule has 0 saturated carbocycles. The first-order valence-electron chi connectivity index (χ1n) is 4.52. The average Bonchev–Trinajstić information content (AvgIpc) is 2.26. The molecule has 0 radical (unpaired) electrons. The van der Waals surface area contributed by atoms with Gasteiger partial charge in [-0.05, 0) is 18.2 Å². The Balaban J connectivity index is 2.75. The van der Waals surface area contributed by atoms with Gasteiger partial charge in [0.1, 0.15) is 0 Å². The number of likely N-dealkylation sites (N-methyl/N-ethyl adjacent to an activating group) is 1. The summed E-state index contributed by atoms with van der Waals surface area (Å²) in [5.74, 6) is 0. The van der Waals surface area contributed by atoms with Gasteiger partial charge in [0.25, 0.3) is 0 Å². The van der Waals surface area contributed by atoms with Gasteiger partial charge < -0.3 is 4.90 Å². The quantitative estimate of drug-likeness (QED) is 0.650. The maximum absolute atomic E-state index is 3.96. The van der Waals surface area contributed by atoms with Gasteiger partial charge in [0, 0.05) is 18.4 Å². The Morgan fingerprint density at radius 1 is 1.29 bits per heavy atom. The molecule has 0 aliphatic heterocycles. The van der Waals surface area contributed by atoms with Crippen molar-refractivity contribution >= 4 is 5.69 Å². The Morgan fingerprint density at radius 2 is 1.93 bits per heavy atom. The molecule has 0 aromatic heterocycles. The van der Waals surface area contributed by atoms with Crippen LogP contribution in [0.15, 0.2) is 67.4 Å². The number of anilines is 1. The number of hydrogen-bond donors (Lipinski definition) is 0. The Bertz CT molecular complexity index is 336. The molecule has 0 fully saturated rings. The van der Waals surface area contributed by atoms with Gasteiger partial charge in [-0.3, -0.25) is 0 Å². The maximum atomic E-state index is 3.96. The van der Waals surface area contributed by atoms with E-state index in [0.717, 1.165) is 11.4 Å². The van der Waals surface area contributed by atoms with E-state index in [0.29, 0.717) is 0 Å². The first-order chi connectivity index (χ1) is 6.75. The second kappa shape index (κ2) is 5.07.